The van der Waals surface area contributed by atoms with E-state index in [1.807, 2.05) is 31.3 Å². The molecule has 1 aliphatic rings. The first kappa shape index (κ1) is 33.3. The topological polar surface area (TPSA) is 148 Å². The number of aromatic amines is 1. The number of nitrogens with one attached hydrogen (secondary N) is 5. The highest BCUT2D eigenvalue weighted by Crippen LogP contribution is 2.47. The fourth-order valence-electron chi connectivity index (χ4n) is 6.29. The fraction of sp³-hybridized carbons (Fsp3) is 0.429. The molecule has 5 N–H and O–H groups in total. The first-order chi connectivity index (χ1) is 21.6. The number of fused-ring (bicyclic) bond motifs is 2. The first-order valence-corrected chi connectivity index (χ1v) is 15.5. The maximum atomic E-state index is 12.6. The number of rotatable bonds is 14. The van der Waals surface area contributed by atoms with Crippen molar-refractivity contribution in [2.45, 2.75) is 70.4 Å². The highest BCUT2D eigenvalue weighted by atomic mass is 16.5. The molecule has 0 saturated carbocycles. The van der Waals surface area contributed by atoms with Crippen LogP contribution in [0.3, 0.4) is 0 Å². The molecule has 4 rings (SSSR count). The van der Waals surface area contributed by atoms with Crippen molar-refractivity contribution in [1.29, 1.82) is 5.26 Å². The van der Waals surface area contributed by atoms with Gasteiger partial charge in [0.1, 0.15) is 6.04 Å². The average Bonchev–Trinajstić information content (AvgIpc) is 3.44. The number of benzene rings is 2. The minimum atomic E-state index is -0.916. The van der Waals surface area contributed by atoms with E-state index in [1.54, 1.807) is 7.05 Å². The molecule has 4 atom stereocenters. The average molecular weight is 612 g/mol. The summed E-state index contributed by atoms with van der Waals surface area (Å²) in [5.41, 5.74) is 6.16. The van der Waals surface area contributed by atoms with Crippen LogP contribution in [-0.2, 0) is 18.3 Å². The molecular weight excluding hydrogens is 566 g/mol. The molecule has 1 aliphatic carbocycles. The molecule has 0 radical (unpaired) electrons. The molecule has 1 aromatic heterocycles. The molecule has 3 aromatic rings. The van der Waals surface area contributed by atoms with Gasteiger partial charge in [-0.2, -0.15) is 10.2 Å². The second-order valence-corrected chi connectivity index (χ2v) is 12.1. The lowest BCUT2D eigenvalue weighted by atomic mass is 9.67. The van der Waals surface area contributed by atoms with Crippen LogP contribution in [0.15, 0.2) is 64.6 Å². The normalized spacial score (nSPS) is 17.4. The number of aryl methyl sites for hydroxylation is 2. The Labute approximate surface area is 265 Å². The van der Waals surface area contributed by atoms with Gasteiger partial charge in [-0.25, -0.2) is 9.95 Å². The van der Waals surface area contributed by atoms with Crippen molar-refractivity contribution in [3.8, 4) is 6.07 Å². The molecule has 0 aliphatic heterocycles. The predicted molar refractivity (Wildman–Crippen MR) is 177 cm³/mol. The van der Waals surface area contributed by atoms with Crippen LogP contribution in [0.2, 0.25) is 0 Å². The van der Waals surface area contributed by atoms with E-state index in [4.69, 9.17) is 4.52 Å². The van der Waals surface area contributed by atoms with Crippen LogP contribution in [0.25, 0.3) is 5.70 Å². The summed E-state index contributed by atoms with van der Waals surface area (Å²) in [5.74, 6) is -0.0524. The van der Waals surface area contributed by atoms with Gasteiger partial charge in [-0.05, 0) is 84.5 Å². The van der Waals surface area contributed by atoms with Crippen molar-refractivity contribution in [1.82, 2.24) is 31.4 Å². The Morgan fingerprint density at radius 1 is 1.09 bits per heavy atom. The first-order valence-electron chi connectivity index (χ1n) is 15.5. The lowest BCUT2D eigenvalue weighted by Crippen LogP contribution is -2.42. The highest BCUT2D eigenvalue weighted by Gasteiger charge is 2.45. The Bertz CT molecular complexity index is 1580. The van der Waals surface area contributed by atoms with Gasteiger partial charge in [-0.1, -0.05) is 51.6 Å². The molecule has 0 fully saturated rings. The maximum absolute atomic E-state index is 12.6. The number of aromatic nitrogens is 2. The SMILES string of the molecule is C=C(CN[C@H](C)CC1(c2nc(=O)o[nH]2)c2ccc(C(=C)NC)cc2CCc2cc(C(=O)NC)ccc21)NC(C#N)C[C@@H](C)CC. The number of nitrogens with zero attached hydrogens (tertiary/aromatic N) is 2. The molecule has 45 heavy (non-hydrogen) atoms. The Balaban J connectivity index is 1.78. The number of hydrogen-bond donors (Lipinski definition) is 5. The van der Waals surface area contributed by atoms with Crippen LogP contribution in [0.4, 0.5) is 0 Å². The summed E-state index contributed by atoms with van der Waals surface area (Å²) >= 11 is 0. The van der Waals surface area contributed by atoms with Gasteiger partial charge in [0.05, 0.1) is 11.5 Å². The second kappa shape index (κ2) is 14.4. The monoisotopic (exact) mass is 611 g/mol. The molecule has 10 nitrogen and oxygen atoms in total. The Hall–Kier alpha value is -4.62. The largest absolute Gasteiger partial charge is 0.459 e. The summed E-state index contributed by atoms with van der Waals surface area (Å²) in [4.78, 5) is 29.4. The van der Waals surface area contributed by atoms with E-state index >= 15 is 0 Å². The molecule has 10 heteroatoms. The summed E-state index contributed by atoms with van der Waals surface area (Å²) in [6.07, 6.45) is 3.65. The van der Waals surface area contributed by atoms with Crippen molar-refractivity contribution in [2.75, 3.05) is 20.6 Å². The van der Waals surface area contributed by atoms with Gasteiger partial charge in [0.15, 0.2) is 5.82 Å². The number of H-pyrrole nitrogens is 1. The summed E-state index contributed by atoms with van der Waals surface area (Å²) in [5, 5.41) is 25.2. The van der Waals surface area contributed by atoms with Gasteiger partial charge in [-0.15, -0.1) is 0 Å². The van der Waals surface area contributed by atoms with E-state index < -0.39 is 11.2 Å². The van der Waals surface area contributed by atoms with E-state index in [1.165, 1.54) is 0 Å². The summed E-state index contributed by atoms with van der Waals surface area (Å²) in [6, 6.07) is 13.9. The van der Waals surface area contributed by atoms with Gasteiger partial charge in [-0.3, -0.25) is 4.79 Å². The number of nitriles is 1. The van der Waals surface area contributed by atoms with Gasteiger partial charge in [0.25, 0.3) is 5.91 Å². The number of hydrogen-bond acceptors (Lipinski definition) is 8. The van der Waals surface area contributed by atoms with E-state index in [0.29, 0.717) is 43.1 Å². The van der Waals surface area contributed by atoms with Gasteiger partial charge >= 0.3 is 5.76 Å². The number of carbonyl (C=O) groups is 1. The van der Waals surface area contributed by atoms with Crippen LogP contribution < -0.4 is 27.0 Å². The Morgan fingerprint density at radius 3 is 2.29 bits per heavy atom. The quantitative estimate of drug-likeness (QED) is 0.183. The molecule has 0 bridgehead atoms. The number of amides is 1. The van der Waals surface area contributed by atoms with Crippen LogP contribution in [0.1, 0.15) is 84.0 Å². The summed E-state index contributed by atoms with van der Waals surface area (Å²) < 4.78 is 5.19. The summed E-state index contributed by atoms with van der Waals surface area (Å²) in [7, 11) is 3.46. The smallest absolute Gasteiger partial charge is 0.388 e. The van der Waals surface area contributed by atoms with Gasteiger partial charge < -0.3 is 25.8 Å². The third kappa shape index (κ3) is 7.21. The zero-order valence-corrected chi connectivity index (χ0v) is 27.0. The molecule has 0 spiro atoms. The number of carbonyl (C=O) groups excluding carboxylic acids is 1. The highest BCUT2D eigenvalue weighted by molar-refractivity contribution is 5.94. The van der Waals surface area contributed by atoms with Crippen LogP contribution >= 0.6 is 0 Å². The molecule has 2 unspecified atom stereocenters. The van der Waals surface area contributed by atoms with E-state index in [0.717, 1.165) is 52.1 Å². The third-order valence-corrected chi connectivity index (χ3v) is 8.92. The molecule has 1 amide bonds. The third-order valence-electron chi connectivity index (χ3n) is 8.92. The van der Waals surface area contributed by atoms with Crippen molar-refractivity contribution in [3.63, 3.8) is 0 Å². The van der Waals surface area contributed by atoms with Crippen LogP contribution in [-0.4, -0.2) is 48.8 Å². The predicted octanol–water partition coefficient (Wildman–Crippen LogP) is 4.15. The second-order valence-electron chi connectivity index (χ2n) is 12.1. The lowest BCUT2D eigenvalue weighted by molar-refractivity contribution is 0.0963. The fourth-order valence-corrected chi connectivity index (χ4v) is 6.29. The Morgan fingerprint density at radius 2 is 1.73 bits per heavy atom. The lowest BCUT2D eigenvalue weighted by Gasteiger charge is -2.37. The van der Waals surface area contributed by atoms with Gasteiger partial charge in [0.2, 0.25) is 0 Å². The van der Waals surface area contributed by atoms with Crippen LogP contribution in [0, 0.1) is 17.2 Å². The molecule has 238 valence electrons. The van der Waals surface area contributed by atoms with Crippen molar-refractivity contribution >= 4 is 11.6 Å². The van der Waals surface area contributed by atoms with Crippen molar-refractivity contribution < 1.29 is 9.32 Å². The maximum Gasteiger partial charge on any atom is 0.459 e. The molecule has 0 saturated heterocycles. The zero-order valence-electron chi connectivity index (χ0n) is 27.0. The van der Waals surface area contributed by atoms with Gasteiger partial charge in [0, 0.05) is 43.6 Å². The molecular formula is C35H45N7O3. The molecule has 1 heterocycles. The zero-order chi connectivity index (χ0) is 32.7. The van der Waals surface area contributed by atoms with E-state index in [9.17, 15) is 14.9 Å². The standard InChI is InChI=1S/C35H45N7O3/c1-8-21(2)15-29(19-36)40-23(4)20-39-22(3)18-35(33-41-34(44)45-42-33)30-13-11-25(24(5)37-6)16-26(30)9-10-27-17-28(32(43)38-7)12-14-31(27)35/h11-14,16-17,21-22,29,37,39-40H,4-5,8-10,15,18,20H2,1-3,6-7H3,(H,38,43)(H,41,42,44)/t21-,22+,29?,35?/m0/s1. The summed E-state index contributed by atoms with van der Waals surface area (Å²) in [6.45, 7) is 15.1. The van der Waals surface area contributed by atoms with E-state index in [2.05, 4.69) is 83.5 Å². The minimum Gasteiger partial charge on any atom is -0.388 e. The van der Waals surface area contributed by atoms with Crippen LogP contribution in [0.5, 0.6) is 0 Å². The van der Waals surface area contributed by atoms with Crippen molar-refractivity contribution in [3.05, 3.63) is 105 Å². The minimum absolute atomic E-state index is 0.108. The van der Waals surface area contributed by atoms with E-state index in [-0.39, 0.29) is 18.0 Å². The Kier molecular flexibility index (Phi) is 10.7. The van der Waals surface area contributed by atoms with Crippen molar-refractivity contribution in [2.24, 2.45) is 5.92 Å². The molecule has 2 aromatic carbocycles.